The fourth-order valence-corrected chi connectivity index (χ4v) is 5.22. The van der Waals surface area contributed by atoms with Gasteiger partial charge >= 0.3 is 0 Å². The molecule has 7 nitrogen and oxygen atoms in total. The number of carbonyl (C=O) groups is 2. The summed E-state index contributed by atoms with van der Waals surface area (Å²) in [5.41, 5.74) is 0.488. The molecule has 0 radical (unpaired) electrons. The smallest absolute Gasteiger partial charge is 0.271 e. The van der Waals surface area contributed by atoms with Crippen LogP contribution in [0.4, 0.5) is 0 Å². The molecule has 1 N–H and O–H groups in total. The largest absolute Gasteiger partial charge is 0.463 e. The zero-order valence-corrected chi connectivity index (χ0v) is 20.3. The number of aromatic nitrogens is 1. The van der Waals surface area contributed by atoms with Gasteiger partial charge in [0.05, 0.1) is 18.5 Å². The van der Waals surface area contributed by atoms with Gasteiger partial charge in [-0.25, -0.2) is 0 Å². The van der Waals surface area contributed by atoms with Crippen LogP contribution in [-0.2, 0) is 11.3 Å². The van der Waals surface area contributed by atoms with E-state index in [0.29, 0.717) is 24.5 Å². The van der Waals surface area contributed by atoms with Crippen molar-refractivity contribution in [2.75, 3.05) is 26.2 Å². The van der Waals surface area contributed by atoms with Crippen LogP contribution in [0, 0.1) is 0 Å². The SMILES string of the molecule is CCCCN(CC)CCN1C(=O)c2ccc(-c3ccco3)n2CC1(C)C(=O)NC1CCCC1. The van der Waals surface area contributed by atoms with Crippen LogP contribution in [0.2, 0.25) is 0 Å². The maximum Gasteiger partial charge on any atom is 0.271 e. The Labute approximate surface area is 197 Å². The molecule has 0 aromatic carbocycles. The van der Waals surface area contributed by atoms with E-state index in [-0.39, 0.29) is 17.9 Å². The van der Waals surface area contributed by atoms with Crippen molar-refractivity contribution < 1.29 is 14.0 Å². The fourth-order valence-electron chi connectivity index (χ4n) is 5.22. The first kappa shape index (κ1) is 23.6. The molecule has 4 rings (SSSR count). The van der Waals surface area contributed by atoms with Crippen molar-refractivity contribution in [2.45, 2.75) is 77.4 Å². The fraction of sp³-hybridized carbons (Fsp3) is 0.615. The average molecular weight is 455 g/mol. The normalized spacial score (nSPS) is 21.1. The Morgan fingerprint density at radius 1 is 1.18 bits per heavy atom. The zero-order valence-electron chi connectivity index (χ0n) is 20.3. The minimum Gasteiger partial charge on any atom is -0.463 e. The van der Waals surface area contributed by atoms with Crippen molar-refractivity contribution >= 4 is 11.8 Å². The van der Waals surface area contributed by atoms with Crippen molar-refractivity contribution in [1.82, 2.24) is 19.7 Å². The van der Waals surface area contributed by atoms with Crippen LogP contribution < -0.4 is 5.32 Å². The monoisotopic (exact) mass is 454 g/mol. The number of hydrogen-bond donors (Lipinski definition) is 1. The molecule has 7 heteroatoms. The second-order valence-electron chi connectivity index (χ2n) is 9.64. The van der Waals surface area contributed by atoms with Crippen LogP contribution in [0.1, 0.15) is 69.8 Å². The molecule has 180 valence electrons. The molecule has 1 fully saturated rings. The summed E-state index contributed by atoms with van der Waals surface area (Å²) >= 11 is 0. The average Bonchev–Trinajstić information content (AvgIpc) is 3.57. The molecule has 1 aliphatic carbocycles. The van der Waals surface area contributed by atoms with Crippen LogP contribution >= 0.6 is 0 Å². The molecule has 3 heterocycles. The highest BCUT2D eigenvalue weighted by Crippen LogP contribution is 2.33. The molecule has 2 aliphatic rings. The molecule has 1 aliphatic heterocycles. The molecular weight excluding hydrogens is 416 g/mol. The van der Waals surface area contributed by atoms with E-state index < -0.39 is 5.54 Å². The lowest BCUT2D eigenvalue weighted by atomic mass is 9.94. The van der Waals surface area contributed by atoms with Gasteiger partial charge in [0.2, 0.25) is 5.91 Å². The van der Waals surface area contributed by atoms with Crippen molar-refractivity contribution in [3.63, 3.8) is 0 Å². The number of carbonyl (C=O) groups excluding carboxylic acids is 2. The highest BCUT2D eigenvalue weighted by atomic mass is 16.3. The van der Waals surface area contributed by atoms with E-state index in [1.54, 1.807) is 6.26 Å². The van der Waals surface area contributed by atoms with E-state index in [2.05, 4.69) is 24.1 Å². The van der Waals surface area contributed by atoms with E-state index in [1.807, 2.05) is 40.7 Å². The maximum absolute atomic E-state index is 13.7. The number of rotatable bonds is 10. The van der Waals surface area contributed by atoms with Crippen LogP contribution in [0.15, 0.2) is 34.9 Å². The molecule has 2 aromatic heterocycles. The Hall–Kier alpha value is -2.54. The van der Waals surface area contributed by atoms with Gasteiger partial charge < -0.3 is 24.1 Å². The maximum atomic E-state index is 13.7. The summed E-state index contributed by atoms with van der Waals surface area (Å²) in [7, 11) is 0. The van der Waals surface area contributed by atoms with Gasteiger partial charge in [-0.3, -0.25) is 9.59 Å². The lowest BCUT2D eigenvalue weighted by Crippen LogP contribution is -2.65. The van der Waals surface area contributed by atoms with Crippen LogP contribution in [0.5, 0.6) is 0 Å². The number of furan rings is 1. The highest BCUT2D eigenvalue weighted by Gasteiger charge is 2.48. The third-order valence-corrected chi connectivity index (χ3v) is 7.37. The lowest BCUT2D eigenvalue weighted by molar-refractivity contribution is -0.133. The quantitative estimate of drug-likeness (QED) is 0.586. The minimum atomic E-state index is -0.961. The summed E-state index contributed by atoms with van der Waals surface area (Å²) in [6, 6.07) is 7.72. The van der Waals surface area contributed by atoms with E-state index in [0.717, 1.165) is 63.9 Å². The van der Waals surface area contributed by atoms with Crippen molar-refractivity contribution in [2.24, 2.45) is 0 Å². The minimum absolute atomic E-state index is 0.0518. The molecule has 33 heavy (non-hydrogen) atoms. The summed E-state index contributed by atoms with van der Waals surface area (Å²) in [6.45, 7) is 9.93. The van der Waals surface area contributed by atoms with Crippen LogP contribution in [-0.4, -0.2) is 63.9 Å². The van der Waals surface area contributed by atoms with Crippen molar-refractivity contribution in [3.05, 3.63) is 36.2 Å². The molecule has 0 spiro atoms. The molecule has 2 aromatic rings. The van der Waals surface area contributed by atoms with Crippen LogP contribution in [0.25, 0.3) is 11.5 Å². The molecular formula is C26H38N4O3. The summed E-state index contributed by atoms with van der Waals surface area (Å²) < 4.78 is 7.58. The molecule has 1 saturated carbocycles. The Morgan fingerprint density at radius 2 is 1.94 bits per heavy atom. The van der Waals surface area contributed by atoms with Gasteiger partial charge in [-0.05, 0) is 63.5 Å². The number of hydrogen-bond acceptors (Lipinski definition) is 4. The Bertz CT molecular complexity index is 945. The van der Waals surface area contributed by atoms with Gasteiger partial charge in [-0.2, -0.15) is 0 Å². The number of nitrogens with zero attached hydrogens (tertiary/aromatic N) is 3. The number of unbranched alkanes of at least 4 members (excludes halogenated alkanes) is 1. The van der Waals surface area contributed by atoms with Gasteiger partial charge in [0.1, 0.15) is 17.0 Å². The first-order valence-electron chi connectivity index (χ1n) is 12.6. The molecule has 2 amide bonds. The van der Waals surface area contributed by atoms with Gasteiger partial charge in [0.25, 0.3) is 5.91 Å². The first-order chi connectivity index (χ1) is 16.0. The number of amides is 2. The first-order valence-corrected chi connectivity index (χ1v) is 12.6. The van der Waals surface area contributed by atoms with Crippen molar-refractivity contribution in [3.8, 4) is 11.5 Å². The summed E-state index contributed by atoms with van der Waals surface area (Å²) in [6.07, 6.45) is 8.25. The Kier molecular flexibility index (Phi) is 7.27. The highest BCUT2D eigenvalue weighted by molar-refractivity contribution is 6.00. The van der Waals surface area contributed by atoms with Gasteiger partial charge in [-0.1, -0.05) is 33.1 Å². The second-order valence-corrected chi connectivity index (χ2v) is 9.64. The Balaban J connectivity index is 1.63. The van der Waals surface area contributed by atoms with Gasteiger partial charge in [0.15, 0.2) is 0 Å². The third-order valence-electron chi connectivity index (χ3n) is 7.37. The van der Waals surface area contributed by atoms with E-state index in [1.165, 1.54) is 0 Å². The summed E-state index contributed by atoms with van der Waals surface area (Å²) in [5, 5.41) is 3.27. The van der Waals surface area contributed by atoms with Gasteiger partial charge in [-0.15, -0.1) is 0 Å². The van der Waals surface area contributed by atoms with E-state index in [9.17, 15) is 9.59 Å². The Morgan fingerprint density at radius 3 is 2.61 bits per heavy atom. The number of nitrogens with one attached hydrogen (secondary N) is 1. The molecule has 0 saturated heterocycles. The van der Waals surface area contributed by atoms with Gasteiger partial charge in [0, 0.05) is 19.1 Å². The topological polar surface area (TPSA) is 70.7 Å². The van der Waals surface area contributed by atoms with Crippen molar-refractivity contribution in [1.29, 1.82) is 0 Å². The predicted molar refractivity (Wildman–Crippen MR) is 129 cm³/mol. The lowest BCUT2D eigenvalue weighted by Gasteiger charge is -2.45. The number of likely N-dealkylation sites (N-methyl/N-ethyl adjacent to an activating group) is 1. The standard InChI is InChI=1S/C26H38N4O3/c1-4-6-15-28(5-2)16-17-30-24(31)22-14-13-21(23-12-9-18-33-23)29(22)19-26(30,3)25(32)27-20-10-7-8-11-20/h9,12-14,18,20H,4-8,10-11,15-17,19H2,1-3H3,(H,27,32). The third kappa shape index (κ3) is 4.74. The van der Waals surface area contributed by atoms with E-state index >= 15 is 0 Å². The number of fused-ring (bicyclic) bond motifs is 1. The van der Waals surface area contributed by atoms with E-state index in [4.69, 9.17) is 4.42 Å². The molecule has 1 unspecified atom stereocenters. The zero-order chi connectivity index (χ0) is 23.4. The summed E-state index contributed by atoms with van der Waals surface area (Å²) in [5.74, 6) is 0.566. The predicted octanol–water partition coefficient (Wildman–Crippen LogP) is 4.14. The van der Waals surface area contributed by atoms with Crippen LogP contribution in [0.3, 0.4) is 0 Å². The molecule has 0 bridgehead atoms. The molecule has 1 atom stereocenters. The summed E-state index contributed by atoms with van der Waals surface area (Å²) in [4.78, 5) is 31.6. The second kappa shape index (κ2) is 10.2.